The molecule has 1 aromatic rings. The Balaban J connectivity index is 2.83. The Bertz CT molecular complexity index is 364. The molecule has 0 aliphatic rings. The molecule has 0 aliphatic carbocycles. The third kappa shape index (κ3) is 3.28. The maximum absolute atomic E-state index is 10.8. The standard InChI is InChI=1S/C10H14N2O3/c1-6(2)15-5-8-11-4-7(3)9(12-8)10(13)14/h4,6H,5H2,1-3H3,(H,13,14). The number of nitrogens with zero attached hydrogens (tertiary/aromatic N) is 2. The molecule has 0 bridgehead atoms. The van der Waals surface area contributed by atoms with Gasteiger partial charge in [-0.25, -0.2) is 14.8 Å². The van der Waals surface area contributed by atoms with Gasteiger partial charge in [0.25, 0.3) is 0 Å². The van der Waals surface area contributed by atoms with Gasteiger partial charge in [0.05, 0.1) is 6.10 Å². The number of rotatable bonds is 4. The highest BCUT2D eigenvalue weighted by molar-refractivity contribution is 5.86. The molecule has 0 atom stereocenters. The summed E-state index contributed by atoms with van der Waals surface area (Å²) in [5.74, 6) is -0.646. The molecule has 82 valence electrons. The average molecular weight is 210 g/mol. The first kappa shape index (κ1) is 11.6. The molecule has 1 heterocycles. The van der Waals surface area contributed by atoms with Crippen LogP contribution < -0.4 is 0 Å². The van der Waals surface area contributed by atoms with Gasteiger partial charge in [0.15, 0.2) is 11.5 Å². The van der Waals surface area contributed by atoms with Crippen LogP contribution in [-0.4, -0.2) is 27.1 Å². The van der Waals surface area contributed by atoms with Crippen LogP contribution in [0.2, 0.25) is 0 Å². The number of aromatic carboxylic acids is 1. The van der Waals surface area contributed by atoms with Crippen molar-refractivity contribution in [2.75, 3.05) is 0 Å². The third-order valence-electron chi connectivity index (χ3n) is 1.77. The number of ether oxygens (including phenoxy) is 1. The average Bonchev–Trinajstić information content (AvgIpc) is 2.16. The van der Waals surface area contributed by atoms with E-state index in [2.05, 4.69) is 9.97 Å². The normalized spacial score (nSPS) is 10.7. The lowest BCUT2D eigenvalue weighted by Crippen LogP contribution is -2.10. The van der Waals surface area contributed by atoms with Gasteiger partial charge in [-0.15, -0.1) is 0 Å². The predicted octanol–water partition coefficient (Wildman–Crippen LogP) is 1.41. The van der Waals surface area contributed by atoms with Gasteiger partial charge >= 0.3 is 5.97 Å². The topological polar surface area (TPSA) is 72.3 Å². The van der Waals surface area contributed by atoms with Crippen LogP contribution in [0.25, 0.3) is 0 Å². The molecule has 0 radical (unpaired) electrons. The van der Waals surface area contributed by atoms with Gasteiger partial charge in [-0.05, 0) is 20.8 Å². The Labute approximate surface area is 88.1 Å². The lowest BCUT2D eigenvalue weighted by molar-refractivity contribution is 0.0603. The molecular weight excluding hydrogens is 196 g/mol. The monoisotopic (exact) mass is 210 g/mol. The molecule has 0 unspecified atom stereocenters. The zero-order valence-electron chi connectivity index (χ0n) is 9.02. The summed E-state index contributed by atoms with van der Waals surface area (Å²) in [5.41, 5.74) is 0.586. The molecule has 5 heteroatoms. The van der Waals surface area contributed by atoms with E-state index in [1.54, 1.807) is 6.92 Å². The van der Waals surface area contributed by atoms with Gasteiger partial charge in [-0.2, -0.15) is 0 Å². The molecule has 0 aliphatic heterocycles. The molecular formula is C10H14N2O3. The van der Waals surface area contributed by atoms with Crippen LogP contribution in [-0.2, 0) is 11.3 Å². The Morgan fingerprint density at radius 1 is 1.60 bits per heavy atom. The van der Waals surface area contributed by atoms with Crippen molar-refractivity contribution < 1.29 is 14.6 Å². The van der Waals surface area contributed by atoms with Crippen molar-refractivity contribution in [3.8, 4) is 0 Å². The summed E-state index contributed by atoms with van der Waals surface area (Å²) in [5, 5.41) is 8.84. The van der Waals surface area contributed by atoms with Gasteiger partial charge in [-0.1, -0.05) is 0 Å². The Morgan fingerprint density at radius 2 is 2.27 bits per heavy atom. The van der Waals surface area contributed by atoms with Gasteiger partial charge in [0, 0.05) is 11.8 Å². The summed E-state index contributed by atoms with van der Waals surface area (Å²) >= 11 is 0. The van der Waals surface area contributed by atoms with Gasteiger partial charge < -0.3 is 9.84 Å². The number of carboxylic acid groups (broad SMARTS) is 1. The fraction of sp³-hybridized carbons (Fsp3) is 0.500. The molecule has 1 aromatic heterocycles. The molecule has 0 amide bonds. The van der Waals surface area contributed by atoms with Crippen LogP contribution in [0.15, 0.2) is 6.20 Å². The molecule has 0 aromatic carbocycles. The lowest BCUT2D eigenvalue weighted by atomic mass is 10.2. The Hall–Kier alpha value is -1.49. The van der Waals surface area contributed by atoms with E-state index < -0.39 is 5.97 Å². The fourth-order valence-electron chi connectivity index (χ4n) is 1.01. The molecule has 15 heavy (non-hydrogen) atoms. The second-order valence-electron chi connectivity index (χ2n) is 3.48. The van der Waals surface area contributed by atoms with Crippen LogP contribution in [0, 0.1) is 6.92 Å². The summed E-state index contributed by atoms with van der Waals surface area (Å²) in [6.45, 7) is 5.69. The van der Waals surface area contributed by atoms with E-state index in [1.807, 2.05) is 13.8 Å². The molecule has 0 fully saturated rings. The van der Waals surface area contributed by atoms with Crippen LogP contribution in [0.3, 0.4) is 0 Å². The van der Waals surface area contributed by atoms with Crippen LogP contribution in [0.5, 0.6) is 0 Å². The highest BCUT2D eigenvalue weighted by Gasteiger charge is 2.10. The number of hydrogen-bond acceptors (Lipinski definition) is 4. The Kier molecular flexibility index (Phi) is 3.74. The third-order valence-corrected chi connectivity index (χ3v) is 1.77. The molecule has 0 spiro atoms. The lowest BCUT2D eigenvalue weighted by Gasteiger charge is -2.07. The first-order chi connectivity index (χ1) is 7.00. The number of aryl methyl sites for hydroxylation is 1. The smallest absolute Gasteiger partial charge is 0.354 e. The number of hydrogen-bond donors (Lipinski definition) is 1. The van der Waals surface area contributed by atoms with Crippen molar-refractivity contribution in [1.82, 2.24) is 9.97 Å². The van der Waals surface area contributed by atoms with Gasteiger partial charge in [-0.3, -0.25) is 0 Å². The van der Waals surface area contributed by atoms with Crippen molar-refractivity contribution in [3.63, 3.8) is 0 Å². The summed E-state index contributed by atoms with van der Waals surface area (Å²) in [6.07, 6.45) is 1.57. The van der Waals surface area contributed by atoms with Crippen molar-refractivity contribution in [3.05, 3.63) is 23.3 Å². The van der Waals surface area contributed by atoms with Crippen molar-refractivity contribution in [2.45, 2.75) is 33.5 Å². The van der Waals surface area contributed by atoms with E-state index in [4.69, 9.17) is 9.84 Å². The fourth-order valence-corrected chi connectivity index (χ4v) is 1.01. The van der Waals surface area contributed by atoms with E-state index in [9.17, 15) is 4.79 Å². The van der Waals surface area contributed by atoms with Crippen LogP contribution >= 0.6 is 0 Å². The summed E-state index contributed by atoms with van der Waals surface area (Å²) < 4.78 is 5.28. The second-order valence-corrected chi connectivity index (χ2v) is 3.48. The van der Waals surface area contributed by atoms with E-state index in [0.717, 1.165) is 0 Å². The number of carboxylic acids is 1. The maximum Gasteiger partial charge on any atom is 0.354 e. The van der Waals surface area contributed by atoms with Crippen LogP contribution in [0.4, 0.5) is 0 Å². The van der Waals surface area contributed by atoms with Gasteiger partial charge in [0.2, 0.25) is 0 Å². The largest absolute Gasteiger partial charge is 0.477 e. The zero-order valence-corrected chi connectivity index (χ0v) is 9.02. The van der Waals surface area contributed by atoms with Crippen LogP contribution in [0.1, 0.15) is 35.7 Å². The first-order valence-corrected chi connectivity index (χ1v) is 4.68. The number of carbonyl (C=O) groups is 1. The quantitative estimate of drug-likeness (QED) is 0.813. The maximum atomic E-state index is 10.8. The summed E-state index contributed by atoms with van der Waals surface area (Å²) in [4.78, 5) is 18.7. The molecule has 0 saturated carbocycles. The van der Waals surface area contributed by atoms with E-state index >= 15 is 0 Å². The second kappa shape index (κ2) is 4.84. The molecule has 5 nitrogen and oxygen atoms in total. The molecule has 1 rings (SSSR count). The molecule has 1 N–H and O–H groups in total. The highest BCUT2D eigenvalue weighted by atomic mass is 16.5. The summed E-state index contributed by atoms with van der Waals surface area (Å²) in [6, 6.07) is 0. The van der Waals surface area contributed by atoms with E-state index in [0.29, 0.717) is 11.4 Å². The minimum Gasteiger partial charge on any atom is -0.477 e. The van der Waals surface area contributed by atoms with Crippen molar-refractivity contribution in [2.24, 2.45) is 0 Å². The van der Waals surface area contributed by atoms with Crippen molar-refractivity contribution >= 4 is 5.97 Å². The minimum absolute atomic E-state index is 0.0346. The van der Waals surface area contributed by atoms with E-state index in [1.165, 1.54) is 6.20 Å². The zero-order chi connectivity index (χ0) is 11.4. The van der Waals surface area contributed by atoms with Crippen molar-refractivity contribution in [1.29, 1.82) is 0 Å². The minimum atomic E-state index is -1.04. The first-order valence-electron chi connectivity index (χ1n) is 4.68. The summed E-state index contributed by atoms with van der Waals surface area (Å²) in [7, 11) is 0. The Morgan fingerprint density at radius 3 is 2.80 bits per heavy atom. The molecule has 0 saturated heterocycles. The highest BCUT2D eigenvalue weighted by Crippen LogP contribution is 2.05. The van der Waals surface area contributed by atoms with E-state index in [-0.39, 0.29) is 18.4 Å². The van der Waals surface area contributed by atoms with Gasteiger partial charge in [0.1, 0.15) is 6.61 Å². The SMILES string of the molecule is Cc1cnc(COC(C)C)nc1C(=O)O. The predicted molar refractivity (Wildman–Crippen MR) is 53.7 cm³/mol. The number of aromatic nitrogens is 2.